The topological polar surface area (TPSA) is 58.6 Å². The highest BCUT2D eigenvalue weighted by molar-refractivity contribution is 7.07. The monoisotopic (exact) mass is 319 g/mol. The van der Waals surface area contributed by atoms with Crippen LogP contribution in [0, 0.1) is 5.82 Å². The van der Waals surface area contributed by atoms with Crippen LogP contribution in [0.2, 0.25) is 0 Å². The van der Waals surface area contributed by atoms with Gasteiger partial charge in [0.2, 0.25) is 0 Å². The van der Waals surface area contributed by atoms with Crippen LogP contribution in [0.4, 0.5) is 4.39 Å². The van der Waals surface area contributed by atoms with Gasteiger partial charge in [-0.1, -0.05) is 0 Å². The molecule has 0 aliphatic carbocycles. The number of ether oxygens (including phenoxy) is 1. The summed E-state index contributed by atoms with van der Waals surface area (Å²) in [6, 6.07) is 5.98. The van der Waals surface area contributed by atoms with Gasteiger partial charge in [-0.05, 0) is 46.7 Å². The number of hydrogen-bond donors (Lipinski definition) is 2. The van der Waals surface area contributed by atoms with Crippen molar-refractivity contribution in [1.29, 1.82) is 0 Å². The van der Waals surface area contributed by atoms with Crippen molar-refractivity contribution in [1.82, 2.24) is 5.32 Å². The molecule has 0 bridgehead atoms. The minimum atomic E-state index is -0.745. The molecule has 0 fully saturated rings. The number of amides is 1. The highest BCUT2D eigenvalue weighted by Crippen LogP contribution is 2.27. The molecule has 1 unspecified atom stereocenters. The lowest BCUT2D eigenvalue weighted by atomic mass is 10.1. The van der Waals surface area contributed by atoms with Gasteiger partial charge in [-0.2, -0.15) is 11.3 Å². The molecule has 0 spiro atoms. The number of aliphatic hydroxyl groups excluding tert-OH is 1. The van der Waals surface area contributed by atoms with Crippen LogP contribution in [0.5, 0.6) is 5.75 Å². The first kappa shape index (κ1) is 14.7. The second-order valence-corrected chi connectivity index (χ2v) is 5.70. The second kappa shape index (κ2) is 6.29. The van der Waals surface area contributed by atoms with Crippen molar-refractivity contribution in [3.8, 4) is 5.75 Å². The van der Waals surface area contributed by atoms with Gasteiger partial charge in [-0.25, -0.2) is 4.39 Å². The molecule has 0 radical (unpaired) electrons. The van der Waals surface area contributed by atoms with E-state index < -0.39 is 6.10 Å². The molecule has 6 heteroatoms. The fourth-order valence-electron chi connectivity index (χ4n) is 2.16. The van der Waals surface area contributed by atoms with Gasteiger partial charge in [0, 0.05) is 12.1 Å². The number of nitrogens with one attached hydrogen (secondary N) is 1. The first-order chi connectivity index (χ1) is 10.6. The summed E-state index contributed by atoms with van der Waals surface area (Å²) < 4.78 is 18.7. The molecule has 4 nitrogen and oxygen atoms in total. The fraction of sp³-hybridized carbons (Fsp3) is 0.188. The van der Waals surface area contributed by atoms with Gasteiger partial charge in [-0.15, -0.1) is 0 Å². The zero-order chi connectivity index (χ0) is 15.5. The van der Waals surface area contributed by atoms with Crippen molar-refractivity contribution in [2.45, 2.75) is 6.10 Å². The van der Waals surface area contributed by atoms with E-state index in [2.05, 4.69) is 5.32 Å². The van der Waals surface area contributed by atoms with Crippen LogP contribution in [-0.2, 0) is 4.79 Å². The third-order valence-corrected chi connectivity index (χ3v) is 4.06. The van der Waals surface area contributed by atoms with E-state index >= 15 is 0 Å². The Morgan fingerprint density at radius 1 is 1.45 bits per heavy atom. The molecule has 1 aromatic carbocycles. The predicted molar refractivity (Wildman–Crippen MR) is 82.2 cm³/mol. The predicted octanol–water partition coefficient (Wildman–Crippen LogP) is 2.51. The van der Waals surface area contributed by atoms with E-state index in [4.69, 9.17) is 4.74 Å². The number of carbonyl (C=O) groups is 1. The first-order valence-electron chi connectivity index (χ1n) is 6.75. The summed E-state index contributed by atoms with van der Waals surface area (Å²) >= 11 is 1.48. The highest BCUT2D eigenvalue weighted by Gasteiger charge is 2.18. The summed E-state index contributed by atoms with van der Waals surface area (Å²) in [7, 11) is 0. The Labute approximate surface area is 130 Å². The van der Waals surface area contributed by atoms with Gasteiger partial charge in [0.1, 0.15) is 18.2 Å². The number of carbonyl (C=O) groups excluding carboxylic acids is 1. The summed E-state index contributed by atoms with van der Waals surface area (Å²) in [6.45, 7) is 0.238. The van der Waals surface area contributed by atoms with E-state index in [1.807, 2.05) is 16.8 Å². The molecule has 1 amide bonds. The van der Waals surface area contributed by atoms with E-state index in [0.29, 0.717) is 16.9 Å². The molecule has 2 aromatic rings. The van der Waals surface area contributed by atoms with Gasteiger partial charge >= 0.3 is 0 Å². The number of thiophene rings is 1. The smallest absolute Gasteiger partial charge is 0.250 e. The molecule has 2 heterocycles. The average molecular weight is 319 g/mol. The average Bonchev–Trinajstić information content (AvgIpc) is 3.06. The van der Waals surface area contributed by atoms with Crippen molar-refractivity contribution in [2.75, 3.05) is 13.2 Å². The van der Waals surface area contributed by atoms with Gasteiger partial charge in [0.15, 0.2) is 0 Å². The van der Waals surface area contributed by atoms with Gasteiger partial charge < -0.3 is 15.2 Å². The molecule has 22 heavy (non-hydrogen) atoms. The zero-order valence-corrected chi connectivity index (χ0v) is 12.4. The lowest BCUT2D eigenvalue weighted by molar-refractivity contribution is -0.118. The summed E-state index contributed by atoms with van der Waals surface area (Å²) in [5.74, 6) is -0.159. The largest absolute Gasteiger partial charge is 0.488 e. The summed E-state index contributed by atoms with van der Waals surface area (Å²) in [6.07, 6.45) is 0.860. The quantitative estimate of drug-likeness (QED) is 0.910. The second-order valence-electron chi connectivity index (χ2n) is 4.92. The van der Waals surface area contributed by atoms with Crippen LogP contribution in [-0.4, -0.2) is 24.2 Å². The Bertz CT molecular complexity index is 712. The Hall–Kier alpha value is -2.18. The molecular weight excluding hydrogens is 305 g/mol. The molecule has 1 atom stereocenters. The van der Waals surface area contributed by atoms with E-state index in [9.17, 15) is 14.3 Å². The van der Waals surface area contributed by atoms with Crippen molar-refractivity contribution < 1.29 is 19.0 Å². The molecule has 1 aliphatic rings. The molecule has 114 valence electrons. The summed E-state index contributed by atoms with van der Waals surface area (Å²) in [5, 5.41) is 16.3. The van der Waals surface area contributed by atoms with E-state index in [1.165, 1.54) is 29.5 Å². The molecule has 1 aliphatic heterocycles. The Balaban J connectivity index is 1.66. The summed E-state index contributed by atoms with van der Waals surface area (Å²) in [4.78, 5) is 12.1. The van der Waals surface area contributed by atoms with Crippen molar-refractivity contribution in [2.24, 2.45) is 0 Å². The molecule has 2 N–H and O–H groups in total. The fourth-order valence-corrected chi connectivity index (χ4v) is 2.87. The third kappa shape index (κ3) is 3.18. The van der Waals surface area contributed by atoms with Crippen LogP contribution in [0.25, 0.3) is 6.08 Å². The number of halogens is 1. The van der Waals surface area contributed by atoms with Crippen LogP contribution in [0.1, 0.15) is 17.2 Å². The van der Waals surface area contributed by atoms with E-state index in [0.717, 1.165) is 5.56 Å². The Morgan fingerprint density at radius 2 is 2.32 bits per heavy atom. The maximum absolute atomic E-state index is 13.2. The minimum absolute atomic E-state index is 0.114. The minimum Gasteiger partial charge on any atom is -0.488 e. The van der Waals surface area contributed by atoms with Crippen LogP contribution in [0.15, 0.2) is 40.6 Å². The maximum atomic E-state index is 13.2. The van der Waals surface area contributed by atoms with Crippen molar-refractivity contribution >= 4 is 23.3 Å². The Morgan fingerprint density at radius 3 is 3.09 bits per heavy atom. The SMILES string of the molecule is O=C(NCC(O)c1ccsc1)C1=Cc2cc(F)ccc2OC1. The Kier molecular flexibility index (Phi) is 4.22. The van der Waals surface area contributed by atoms with E-state index in [1.54, 1.807) is 6.08 Å². The lowest BCUT2D eigenvalue weighted by Gasteiger charge is -2.18. The molecule has 3 rings (SSSR count). The zero-order valence-electron chi connectivity index (χ0n) is 11.6. The van der Waals surface area contributed by atoms with Crippen molar-refractivity contribution in [3.05, 3.63) is 57.5 Å². The van der Waals surface area contributed by atoms with Crippen LogP contribution in [0.3, 0.4) is 0 Å². The number of benzene rings is 1. The van der Waals surface area contributed by atoms with Gasteiger partial charge in [0.25, 0.3) is 5.91 Å². The van der Waals surface area contributed by atoms with Crippen LogP contribution >= 0.6 is 11.3 Å². The number of hydrogen-bond acceptors (Lipinski definition) is 4. The summed E-state index contributed by atoms with van der Waals surface area (Å²) in [5.41, 5.74) is 1.71. The molecular formula is C16H14FNO3S. The number of rotatable bonds is 4. The third-order valence-electron chi connectivity index (χ3n) is 3.36. The van der Waals surface area contributed by atoms with E-state index in [-0.39, 0.29) is 24.9 Å². The number of fused-ring (bicyclic) bond motifs is 1. The van der Waals surface area contributed by atoms with Gasteiger partial charge in [0.05, 0.1) is 11.7 Å². The molecule has 0 saturated heterocycles. The lowest BCUT2D eigenvalue weighted by Crippen LogP contribution is -2.32. The molecule has 1 aromatic heterocycles. The first-order valence-corrected chi connectivity index (χ1v) is 7.69. The standard InChI is InChI=1S/C16H14FNO3S/c17-13-1-2-15-11(6-13)5-12(8-21-15)16(20)18-7-14(19)10-3-4-22-9-10/h1-6,9,14,19H,7-8H2,(H,18,20). The number of aliphatic hydroxyl groups is 1. The normalized spacial score (nSPS) is 14.5. The maximum Gasteiger partial charge on any atom is 0.250 e. The molecule has 0 saturated carbocycles. The highest BCUT2D eigenvalue weighted by atomic mass is 32.1. The van der Waals surface area contributed by atoms with Crippen LogP contribution < -0.4 is 10.1 Å². The van der Waals surface area contributed by atoms with Gasteiger partial charge in [-0.3, -0.25) is 4.79 Å². The van der Waals surface area contributed by atoms with Crippen molar-refractivity contribution in [3.63, 3.8) is 0 Å².